The number of nitrogens with zero attached hydrogens (tertiary/aromatic N) is 1. The molecule has 0 aliphatic carbocycles. The number of carbonyl (C=O) groups excluding carboxylic acids is 1. The molecule has 1 aliphatic rings. The van der Waals surface area contributed by atoms with Crippen molar-refractivity contribution < 1.29 is 9.53 Å². The van der Waals surface area contributed by atoms with Crippen LogP contribution in [0, 0.1) is 6.92 Å². The maximum atomic E-state index is 11.3. The van der Waals surface area contributed by atoms with Crippen LogP contribution in [0.4, 0.5) is 0 Å². The topological polar surface area (TPSA) is 31.2 Å². The third-order valence-electron chi connectivity index (χ3n) is 3.56. The Labute approximate surface area is 110 Å². The molecule has 3 rings (SSSR count). The predicted octanol–water partition coefficient (Wildman–Crippen LogP) is 3.29. The molecule has 0 spiro atoms. The third-order valence-corrected chi connectivity index (χ3v) is 3.78. The summed E-state index contributed by atoms with van der Waals surface area (Å²) in [4.78, 5) is 11.3. The standard InChI is InChI=1S/C14H14ClNO2/c1-9-7-16(11-4-5-18-8-11)13-6-10(14(15)17)2-3-12(9)13/h2-3,6-7,11H,4-5,8H2,1H3. The van der Waals surface area contributed by atoms with Crippen LogP contribution in [0.25, 0.3) is 10.9 Å². The molecule has 1 aromatic carbocycles. The number of aryl methyl sites for hydroxylation is 1. The summed E-state index contributed by atoms with van der Waals surface area (Å²) in [5, 5.41) is 0.758. The Morgan fingerprint density at radius 2 is 2.33 bits per heavy atom. The molecule has 18 heavy (non-hydrogen) atoms. The van der Waals surface area contributed by atoms with Crippen LogP contribution in [0.3, 0.4) is 0 Å². The van der Waals surface area contributed by atoms with Gasteiger partial charge < -0.3 is 9.30 Å². The van der Waals surface area contributed by atoms with E-state index in [1.54, 1.807) is 6.07 Å². The van der Waals surface area contributed by atoms with Crippen LogP contribution < -0.4 is 0 Å². The van der Waals surface area contributed by atoms with Gasteiger partial charge in [-0.3, -0.25) is 4.79 Å². The van der Waals surface area contributed by atoms with E-state index in [2.05, 4.69) is 17.7 Å². The zero-order valence-corrected chi connectivity index (χ0v) is 10.9. The average Bonchev–Trinajstić information content (AvgIpc) is 2.97. The summed E-state index contributed by atoms with van der Waals surface area (Å²) in [6.45, 7) is 3.62. The predicted molar refractivity (Wildman–Crippen MR) is 71.3 cm³/mol. The van der Waals surface area contributed by atoms with Crippen LogP contribution in [0.15, 0.2) is 24.4 Å². The smallest absolute Gasteiger partial charge is 0.252 e. The summed E-state index contributed by atoms with van der Waals surface area (Å²) in [7, 11) is 0. The van der Waals surface area contributed by atoms with Gasteiger partial charge in [0, 0.05) is 29.3 Å². The lowest BCUT2D eigenvalue weighted by Crippen LogP contribution is -2.07. The number of aromatic nitrogens is 1. The van der Waals surface area contributed by atoms with Crippen molar-refractivity contribution in [1.82, 2.24) is 4.57 Å². The maximum absolute atomic E-state index is 11.3. The molecule has 0 radical (unpaired) electrons. The molecule has 0 bridgehead atoms. The number of halogens is 1. The normalized spacial score (nSPS) is 19.6. The molecule has 3 nitrogen and oxygen atoms in total. The monoisotopic (exact) mass is 263 g/mol. The van der Waals surface area contributed by atoms with E-state index in [0.29, 0.717) is 11.6 Å². The number of ether oxygens (including phenoxy) is 1. The molecule has 1 aromatic heterocycles. The fourth-order valence-electron chi connectivity index (χ4n) is 2.59. The quantitative estimate of drug-likeness (QED) is 0.779. The van der Waals surface area contributed by atoms with E-state index >= 15 is 0 Å². The van der Waals surface area contributed by atoms with Crippen molar-refractivity contribution in [3.05, 3.63) is 35.5 Å². The minimum Gasteiger partial charge on any atom is -0.379 e. The van der Waals surface area contributed by atoms with Crippen LogP contribution >= 0.6 is 11.6 Å². The summed E-state index contributed by atoms with van der Waals surface area (Å²) < 4.78 is 7.64. The van der Waals surface area contributed by atoms with Crippen LogP contribution in [-0.4, -0.2) is 23.0 Å². The van der Waals surface area contributed by atoms with Crippen molar-refractivity contribution in [3.63, 3.8) is 0 Å². The van der Waals surface area contributed by atoms with Crippen molar-refractivity contribution in [3.8, 4) is 0 Å². The van der Waals surface area contributed by atoms with Gasteiger partial charge in [0.05, 0.1) is 12.6 Å². The van der Waals surface area contributed by atoms with Gasteiger partial charge in [0.15, 0.2) is 0 Å². The van der Waals surface area contributed by atoms with Crippen LogP contribution in [0.1, 0.15) is 28.4 Å². The van der Waals surface area contributed by atoms with Crippen LogP contribution in [0.5, 0.6) is 0 Å². The highest BCUT2D eigenvalue weighted by Gasteiger charge is 2.20. The molecule has 0 N–H and O–H groups in total. The van der Waals surface area contributed by atoms with Gasteiger partial charge >= 0.3 is 0 Å². The molecule has 0 amide bonds. The Balaban J connectivity index is 2.18. The number of hydrogen-bond acceptors (Lipinski definition) is 2. The molecule has 94 valence electrons. The summed E-state index contributed by atoms with van der Waals surface area (Å²) in [6, 6.07) is 5.98. The van der Waals surface area contributed by atoms with Crippen LogP contribution in [-0.2, 0) is 4.74 Å². The van der Waals surface area contributed by atoms with E-state index in [1.807, 2.05) is 12.1 Å². The zero-order chi connectivity index (χ0) is 12.7. The minimum atomic E-state index is -0.412. The Morgan fingerprint density at radius 3 is 3.00 bits per heavy atom. The first kappa shape index (κ1) is 11.8. The fraction of sp³-hybridized carbons (Fsp3) is 0.357. The zero-order valence-electron chi connectivity index (χ0n) is 10.1. The van der Waals surface area contributed by atoms with E-state index in [1.165, 1.54) is 10.9 Å². The first-order chi connectivity index (χ1) is 8.66. The van der Waals surface area contributed by atoms with Gasteiger partial charge in [-0.25, -0.2) is 0 Å². The number of fused-ring (bicyclic) bond motifs is 1. The molecular weight excluding hydrogens is 250 g/mol. The van der Waals surface area contributed by atoms with Gasteiger partial charge in [-0.15, -0.1) is 0 Å². The SMILES string of the molecule is Cc1cn(C2CCOC2)c2cc(C(=O)Cl)ccc12. The molecule has 2 aromatic rings. The molecular formula is C14H14ClNO2. The lowest BCUT2D eigenvalue weighted by Gasteiger charge is -2.12. The summed E-state index contributed by atoms with van der Waals surface area (Å²) >= 11 is 5.55. The van der Waals surface area contributed by atoms with Gasteiger partial charge in [0.1, 0.15) is 0 Å². The Hall–Kier alpha value is -1.32. The second kappa shape index (κ2) is 4.41. The van der Waals surface area contributed by atoms with Crippen molar-refractivity contribution in [2.75, 3.05) is 13.2 Å². The first-order valence-electron chi connectivity index (χ1n) is 6.05. The first-order valence-corrected chi connectivity index (χ1v) is 6.43. The van der Waals surface area contributed by atoms with E-state index < -0.39 is 5.24 Å². The van der Waals surface area contributed by atoms with E-state index in [9.17, 15) is 4.79 Å². The number of rotatable bonds is 2. The second-order valence-corrected chi connectivity index (χ2v) is 5.09. The number of carbonyl (C=O) groups is 1. The number of benzene rings is 1. The van der Waals surface area contributed by atoms with Crippen molar-refractivity contribution >= 4 is 27.7 Å². The molecule has 2 heterocycles. The van der Waals surface area contributed by atoms with Crippen molar-refractivity contribution in [2.24, 2.45) is 0 Å². The summed E-state index contributed by atoms with van der Waals surface area (Å²) in [5.41, 5.74) is 2.82. The molecule has 1 unspecified atom stereocenters. The third kappa shape index (κ3) is 1.84. The summed E-state index contributed by atoms with van der Waals surface area (Å²) in [5.74, 6) is 0. The molecule has 1 aliphatic heterocycles. The van der Waals surface area contributed by atoms with E-state index in [-0.39, 0.29) is 0 Å². The highest BCUT2D eigenvalue weighted by Crippen LogP contribution is 2.29. The Morgan fingerprint density at radius 1 is 1.50 bits per heavy atom. The highest BCUT2D eigenvalue weighted by atomic mass is 35.5. The molecule has 1 atom stereocenters. The lowest BCUT2D eigenvalue weighted by molar-refractivity contribution is 0.108. The maximum Gasteiger partial charge on any atom is 0.252 e. The lowest BCUT2D eigenvalue weighted by atomic mass is 10.1. The largest absolute Gasteiger partial charge is 0.379 e. The molecule has 4 heteroatoms. The minimum absolute atomic E-state index is 0.363. The van der Waals surface area contributed by atoms with Gasteiger partial charge in [0.2, 0.25) is 0 Å². The van der Waals surface area contributed by atoms with Crippen LogP contribution in [0.2, 0.25) is 0 Å². The number of hydrogen-bond donors (Lipinski definition) is 0. The van der Waals surface area contributed by atoms with E-state index in [4.69, 9.17) is 16.3 Å². The second-order valence-electron chi connectivity index (χ2n) is 4.74. The Kier molecular flexibility index (Phi) is 2.88. The molecule has 1 saturated heterocycles. The fourth-order valence-corrected chi connectivity index (χ4v) is 2.71. The average molecular weight is 264 g/mol. The molecule has 1 fully saturated rings. The Bertz CT molecular complexity index is 612. The molecule has 0 saturated carbocycles. The van der Waals surface area contributed by atoms with Gasteiger partial charge in [-0.1, -0.05) is 6.07 Å². The highest BCUT2D eigenvalue weighted by molar-refractivity contribution is 6.67. The van der Waals surface area contributed by atoms with E-state index in [0.717, 1.165) is 25.2 Å². The summed E-state index contributed by atoms with van der Waals surface area (Å²) in [6.07, 6.45) is 3.15. The van der Waals surface area contributed by atoms with Gasteiger partial charge in [-0.05, 0) is 42.6 Å². The van der Waals surface area contributed by atoms with Crippen molar-refractivity contribution in [2.45, 2.75) is 19.4 Å². The van der Waals surface area contributed by atoms with Gasteiger partial charge in [-0.2, -0.15) is 0 Å². The van der Waals surface area contributed by atoms with Gasteiger partial charge in [0.25, 0.3) is 5.24 Å². The van der Waals surface area contributed by atoms with Crippen molar-refractivity contribution in [1.29, 1.82) is 0 Å².